The van der Waals surface area contributed by atoms with Gasteiger partial charge in [0.1, 0.15) is 23.9 Å². The first-order valence-corrected chi connectivity index (χ1v) is 8.90. The Hall–Kier alpha value is -2.14. The highest BCUT2D eigenvalue weighted by atomic mass is 17.0. The van der Waals surface area contributed by atoms with Crippen LogP contribution in [-0.4, -0.2) is 77.9 Å². The highest BCUT2D eigenvalue weighted by molar-refractivity contribution is 5.82. The van der Waals surface area contributed by atoms with E-state index in [4.69, 9.17) is 18.9 Å². The monoisotopic (exact) mass is 388 g/mol. The third-order valence-corrected chi connectivity index (χ3v) is 4.60. The Morgan fingerprint density at radius 1 is 1.15 bits per heavy atom. The molecule has 3 rings (SSSR count). The summed E-state index contributed by atoms with van der Waals surface area (Å²) in [5, 5.41) is 9.62. The molecule has 0 saturated carbocycles. The van der Waals surface area contributed by atoms with Crippen molar-refractivity contribution >= 4 is 12.1 Å². The number of carbonyl (C=O) groups is 2. The largest absolute Gasteiger partial charge is 0.455 e. The van der Waals surface area contributed by atoms with E-state index in [0.717, 1.165) is 0 Å². The van der Waals surface area contributed by atoms with Crippen LogP contribution in [-0.2, 0) is 28.6 Å². The van der Waals surface area contributed by atoms with E-state index in [9.17, 15) is 19.7 Å². The molecule has 0 aliphatic carbocycles. The smallest absolute Gasteiger partial charge is 0.411 e. The number of hydrogen-bond donors (Lipinski definition) is 0. The van der Waals surface area contributed by atoms with Gasteiger partial charge in [-0.2, -0.15) is 0 Å². The van der Waals surface area contributed by atoms with E-state index in [1.807, 2.05) is 0 Å². The van der Waals surface area contributed by atoms with Crippen LogP contribution in [0.15, 0.2) is 0 Å². The predicted molar refractivity (Wildman–Crippen MR) is 87.2 cm³/mol. The normalized spacial score (nSPS) is 32.9. The summed E-state index contributed by atoms with van der Waals surface area (Å²) in [5.41, 5.74) is -0.662. The average Bonchev–Trinajstić information content (AvgIpc) is 3.23. The number of hydrogen-bond acceptors (Lipinski definition) is 9. The van der Waals surface area contributed by atoms with Crippen LogP contribution >= 0.6 is 0 Å². The van der Waals surface area contributed by atoms with Gasteiger partial charge in [-0.1, -0.05) is 0 Å². The lowest BCUT2D eigenvalue weighted by atomic mass is 10.1. The molecule has 3 fully saturated rings. The molecule has 11 heteroatoms. The summed E-state index contributed by atoms with van der Waals surface area (Å²) < 4.78 is 21.8. The standard InChI is InChI=1S/C16H24N2O9/c1-16(2,3)26-15(20)17-6-4-5-9(17)14(19)25-10-7-23-13-11(27-18(21)22)8-24-12(10)13/h9-13H,4-8H2,1-3H3/t9-,10?,11+,12+,13+/m0/s1. The second-order valence-electron chi connectivity index (χ2n) is 7.77. The molecule has 0 aromatic heterocycles. The molecule has 0 bridgehead atoms. The van der Waals surface area contributed by atoms with Gasteiger partial charge in [-0.05, 0) is 33.6 Å². The molecule has 1 amide bonds. The molecule has 1 unspecified atom stereocenters. The number of nitrogens with zero attached hydrogens (tertiary/aromatic N) is 2. The number of fused-ring (bicyclic) bond motifs is 1. The molecule has 27 heavy (non-hydrogen) atoms. The molecule has 152 valence electrons. The zero-order valence-corrected chi connectivity index (χ0v) is 15.5. The maximum absolute atomic E-state index is 12.6. The van der Waals surface area contributed by atoms with Crippen molar-refractivity contribution in [1.82, 2.24) is 4.90 Å². The lowest BCUT2D eigenvalue weighted by Crippen LogP contribution is -2.46. The summed E-state index contributed by atoms with van der Waals surface area (Å²) in [5.74, 6) is -0.560. The highest BCUT2D eigenvalue weighted by Crippen LogP contribution is 2.31. The van der Waals surface area contributed by atoms with Crippen molar-refractivity contribution in [2.24, 2.45) is 0 Å². The molecule has 0 radical (unpaired) electrons. The molecular weight excluding hydrogens is 364 g/mol. The van der Waals surface area contributed by atoms with Crippen molar-refractivity contribution in [2.45, 2.75) is 69.7 Å². The number of rotatable bonds is 4. The van der Waals surface area contributed by atoms with E-state index in [2.05, 4.69) is 4.84 Å². The molecule has 3 heterocycles. The number of ether oxygens (including phenoxy) is 4. The van der Waals surface area contributed by atoms with E-state index in [-0.39, 0.29) is 13.2 Å². The molecule has 5 atom stereocenters. The van der Waals surface area contributed by atoms with Gasteiger partial charge in [-0.3, -0.25) is 4.90 Å². The Morgan fingerprint density at radius 3 is 2.41 bits per heavy atom. The van der Waals surface area contributed by atoms with Crippen molar-refractivity contribution in [3.63, 3.8) is 0 Å². The van der Waals surface area contributed by atoms with Crippen LogP contribution < -0.4 is 0 Å². The summed E-state index contributed by atoms with van der Waals surface area (Å²) >= 11 is 0. The van der Waals surface area contributed by atoms with Gasteiger partial charge in [0, 0.05) is 6.54 Å². The van der Waals surface area contributed by atoms with E-state index in [0.29, 0.717) is 19.4 Å². The van der Waals surface area contributed by atoms with Crippen molar-refractivity contribution in [2.75, 3.05) is 19.8 Å². The van der Waals surface area contributed by atoms with Crippen molar-refractivity contribution < 1.29 is 38.5 Å². The average molecular weight is 388 g/mol. The first-order chi connectivity index (χ1) is 12.7. The van der Waals surface area contributed by atoms with Gasteiger partial charge in [-0.25, -0.2) is 9.59 Å². The van der Waals surface area contributed by atoms with E-state index < -0.39 is 53.2 Å². The van der Waals surface area contributed by atoms with Crippen molar-refractivity contribution in [3.05, 3.63) is 10.1 Å². The Bertz CT molecular complexity index is 605. The van der Waals surface area contributed by atoms with Gasteiger partial charge in [0.15, 0.2) is 12.2 Å². The van der Waals surface area contributed by atoms with E-state index >= 15 is 0 Å². The molecule has 3 saturated heterocycles. The third-order valence-electron chi connectivity index (χ3n) is 4.60. The van der Waals surface area contributed by atoms with E-state index in [1.54, 1.807) is 20.8 Å². The fourth-order valence-corrected chi connectivity index (χ4v) is 3.51. The molecule has 0 aromatic carbocycles. The van der Waals surface area contributed by atoms with Gasteiger partial charge in [0.2, 0.25) is 0 Å². The number of esters is 1. The summed E-state index contributed by atoms with van der Waals surface area (Å²) in [6, 6.07) is -0.730. The fraction of sp³-hybridized carbons (Fsp3) is 0.875. The van der Waals surface area contributed by atoms with Crippen LogP contribution in [0.25, 0.3) is 0 Å². The molecule has 11 nitrogen and oxygen atoms in total. The minimum Gasteiger partial charge on any atom is -0.455 e. The molecule has 0 spiro atoms. The molecule has 3 aliphatic heterocycles. The Morgan fingerprint density at radius 2 is 1.78 bits per heavy atom. The topological polar surface area (TPSA) is 127 Å². The maximum Gasteiger partial charge on any atom is 0.411 e. The zero-order chi connectivity index (χ0) is 19.8. The van der Waals surface area contributed by atoms with E-state index in [1.165, 1.54) is 4.90 Å². The first kappa shape index (κ1) is 19.6. The summed E-state index contributed by atoms with van der Waals surface area (Å²) in [6.07, 6.45) is -2.26. The van der Waals surface area contributed by atoms with Crippen LogP contribution in [0, 0.1) is 10.1 Å². The summed E-state index contributed by atoms with van der Waals surface area (Å²) in [4.78, 5) is 41.3. The van der Waals surface area contributed by atoms with Gasteiger partial charge in [0.05, 0.1) is 13.2 Å². The minimum atomic E-state index is -0.893. The second-order valence-corrected chi connectivity index (χ2v) is 7.77. The quantitative estimate of drug-likeness (QED) is 0.388. The van der Waals surface area contributed by atoms with Crippen LogP contribution in [0.2, 0.25) is 0 Å². The second kappa shape index (κ2) is 7.47. The number of amides is 1. The van der Waals surface area contributed by atoms with Crippen LogP contribution in [0.3, 0.4) is 0 Å². The third kappa shape index (κ3) is 4.41. The number of carbonyl (C=O) groups excluding carboxylic acids is 2. The molecule has 3 aliphatic rings. The molecule has 0 aromatic rings. The van der Waals surface area contributed by atoms with Crippen molar-refractivity contribution in [3.8, 4) is 0 Å². The van der Waals surface area contributed by atoms with Crippen LogP contribution in [0.4, 0.5) is 4.79 Å². The predicted octanol–water partition coefficient (Wildman–Crippen LogP) is 0.672. The summed E-state index contributed by atoms with van der Waals surface area (Å²) in [7, 11) is 0. The number of likely N-dealkylation sites (tertiary alicyclic amines) is 1. The zero-order valence-electron chi connectivity index (χ0n) is 15.5. The fourth-order valence-electron chi connectivity index (χ4n) is 3.51. The van der Waals surface area contributed by atoms with Gasteiger partial charge in [0.25, 0.3) is 5.09 Å². The molecule has 0 N–H and O–H groups in total. The lowest BCUT2D eigenvalue weighted by molar-refractivity contribution is -0.769. The Balaban J connectivity index is 1.57. The van der Waals surface area contributed by atoms with Gasteiger partial charge < -0.3 is 23.8 Å². The SMILES string of the molecule is CC(C)(C)OC(=O)N1CCC[C@H]1C(=O)OC1CO[C@H]2[C@@H]1OC[C@H]2O[N+](=O)[O-]. The van der Waals surface area contributed by atoms with Gasteiger partial charge >= 0.3 is 12.1 Å². The molecular formula is C16H24N2O9. The Labute approximate surface area is 155 Å². The van der Waals surface area contributed by atoms with Gasteiger partial charge in [-0.15, -0.1) is 10.1 Å². The lowest BCUT2D eigenvalue weighted by Gasteiger charge is -2.28. The van der Waals surface area contributed by atoms with Crippen LogP contribution in [0.1, 0.15) is 33.6 Å². The maximum atomic E-state index is 12.6. The Kier molecular flexibility index (Phi) is 5.43. The van der Waals surface area contributed by atoms with Crippen LogP contribution in [0.5, 0.6) is 0 Å². The first-order valence-electron chi connectivity index (χ1n) is 8.90. The van der Waals surface area contributed by atoms with Crippen molar-refractivity contribution in [1.29, 1.82) is 0 Å². The minimum absolute atomic E-state index is 0.0160. The highest BCUT2D eigenvalue weighted by Gasteiger charge is 2.52. The summed E-state index contributed by atoms with van der Waals surface area (Å²) in [6.45, 7) is 5.72.